The Kier molecular flexibility index (Phi) is 4.47. The molecule has 5 aromatic heterocycles. The Labute approximate surface area is 193 Å². The monoisotopic (exact) mass is 450 g/mol. The second-order valence-corrected chi connectivity index (χ2v) is 7.80. The van der Waals surface area contributed by atoms with Gasteiger partial charge < -0.3 is 4.42 Å². The van der Waals surface area contributed by atoms with Gasteiger partial charge in [0.25, 0.3) is 5.78 Å². The average Bonchev–Trinajstić information content (AvgIpc) is 3.50. The highest BCUT2D eigenvalue weighted by molar-refractivity contribution is 5.82. The van der Waals surface area contributed by atoms with E-state index in [2.05, 4.69) is 45.5 Å². The lowest BCUT2D eigenvalue weighted by Gasteiger charge is -2.09. The van der Waals surface area contributed by atoms with Crippen molar-refractivity contribution in [2.24, 2.45) is 0 Å². The molecular formula is C23H18N10O. The number of rotatable bonds is 4. The third-order valence-electron chi connectivity index (χ3n) is 5.40. The van der Waals surface area contributed by atoms with Gasteiger partial charge in [0.05, 0.1) is 28.9 Å². The van der Waals surface area contributed by atoms with E-state index in [1.165, 1.54) is 0 Å². The van der Waals surface area contributed by atoms with Crippen molar-refractivity contribution in [3.63, 3.8) is 0 Å². The molecule has 0 unspecified atom stereocenters. The molecule has 34 heavy (non-hydrogen) atoms. The van der Waals surface area contributed by atoms with Crippen LogP contribution >= 0.6 is 0 Å². The van der Waals surface area contributed by atoms with Crippen molar-refractivity contribution in [3.05, 3.63) is 65.8 Å². The number of nitrogens with zero attached hydrogens (tertiary/aromatic N) is 9. The molecule has 0 aliphatic rings. The quantitative estimate of drug-likeness (QED) is 0.422. The van der Waals surface area contributed by atoms with Gasteiger partial charge in [0.2, 0.25) is 17.7 Å². The van der Waals surface area contributed by atoms with Gasteiger partial charge in [-0.05, 0) is 50.6 Å². The minimum Gasteiger partial charge on any atom is -0.461 e. The van der Waals surface area contributed by atoms with Crippen LogP contribution in [0.4, 0.5) is 11.9 Å². The molecule has 11 heteroatoms. The SMILES string of the molecule is Cc1ccc2c(C)nc(Nc3nccc(-c4nnc5nc(-c6ccco6)nn5c4C)n3)nc2c1. The third-order valence-corrected chi connectivity index (χ3v) is 5.40. The Hall–Kier alpha value is -4.80. The molecular weight excluding hydrogens is 432 g/mol. The molecule has 1 aromatic carbocycles. The van der Waals surface area contributed by atoms with Gasteiger partial charge in [0.1, 0.15) is 5.69 Å². The number of nitrogens with one attached hydrogen (secondary N) is 1. The van der Waals surface area contributed by atoms with Crippen LogP contribution in [-0.4, -0.2) is 44.7 Å². The van der Waals surface area contributed by atoms with Crippen LogP contribution in [0, 0.1) is 20.8 Å². The Morgan fingerprint density at radius 2 is 1.82 bits per heavy atom. The van der Waals surface area contributed by atoms with Crippen LogP contribution in [0.1, 0.15) is 17.0 Å². The maximum Gasteiger partial charge on any atom is 0.272 e. The standard InChI is InChI=1S/C23H18N10O/c1-12-6-7-15-13(2)25-22(27-17(15)11-12)29-21-24-9-8-16(26-21)19-14(3)33-23(31-30-19)28-20(32-33)18-5-4-10-34-18/h4-11H,1-3H3,(H,24,25,26,27,29). The van der Waals surface area contributed by atoms with Crippen LogP contribution in [-0.2, 0) is 0 Å². The van der Waals surface area contributed by atoms with Gasteiger partial charge in [-0.2, -0.15) is 9.50 Å². The van der Waals surface area contributed by atoms with E-state index in [-0.39, 0.29) is 0 Å². The molecule has 0 fully saturated rings. The minimum absolute atomic E-state index is 0.347. The van der Waals surface area contributed by atoms with E-state index in [1.54, 1.807) is 35.2 Å². The van der Waals surface area contributed by atoms with Crippen molar-refractivity contribution in [3.8, 4) is 23.0 Å². The largest absolute Gasteiger partial charge is 0.461 e. The van der Waals surface area contributed by atoms with E-state index in [9.17, 15) is 0 Å². The fourth-order valence-corrected chi connectivity index (χ4v) is 3.71. The maximum absolute atomic E-state index is 5.39. The molecule has 0 radical (unpaired) electrons. The zero-order valence-electron chi connectivity index (χ0n) is 18.6. The fraction of sp³-hybridized carbons (Fsp3) is 0.130. The average molecular weight is 450 g/mol. The Morgan fingerprint density at radius 1 is 0.912 bits per heavy atom. The summed E-state index contributed by atoms with van der Waals surface area (Å²) in [5, 5.41) is 17.2. The zero-order chi connectivity index (χ0) is 23.2. The minimum atomic E-state index is 0.347. The van der Waals surface area contributed by atoms with E-state index >= 15 is 0 Å². The van der Waals surface area contributed by atoms with E-state index in [0.29, 0.717) is 40.6 Å². The number of aryl methyl sites for hydroxylation is 3. The predicted molar refractivity (Wildman–Crippen MR) is 124 cm³/mol. The fourth-order valence-electron chi connectivity index (χ4n) is 3.71. The number of aromatic nitrogens is 9. The summed E-state index contributed by atoms with van der Waals surface area (Å²) in [5.41, 5.74) is 4.72. The molecule has 0 amide bonds. The van der Waals surface area contributed by atoms with Crippen molar-refractivity contribution in [1.29, 1.82) is 0 Å². The first kappa shape index (κ1) is 19.9. The van der Waals surface area contributed by atoms with E-state index < -0.39 is 0 Å². The van der Waals surface area contributed by atoms with Gasteiger partial charge in [-0.15, -0.1) is 15.3 Å². The second-order valence-electron chi connectivity index (χ2n) is 7.80. The van der Waals surface area contributed by atoms with Crippen molar-refractivity contribution in [2.45, 2.75) is 20.8 Å². The first-order valence-electron chi connectivity index (χ1n) is 10.5. The lowest BCUT2D eigenvalue weighted by molar-refractivity contribution is 0.577. The predicted octanol–water partition coefficient (Wildman–Crippen LogP) is 3.85. The highest BCUT2D eigenvalue weighted by atomic mass is 16.3. The van der Waals surface area contributed by atoms with Gasteiger partial charge in [-0.1, -0.05) is 12.1 Å². The third kappa shape index (κ3) is 3.39. The number of hydrogen-bond acceptors (Lipinski definition) is 10. The molecule has 6 aromatic rings. The van der Waals surface area contributed by atoms with Gasteiger partial charge in [-0.25, -0.2) is 19.9 Å². The molecule has 6 rings (SSSR count). The summed E-state index contributed by atoms with van der Waals surface area (Å²) >= 11 is 0. The summed E-state index contributed by atoms with van der Waals surface area (Å²) in [6, 6.07) is 11.4. The molecule has 0 spiro atoms. The number of fused-ring (bicyclic) bond motifs is 2. The van der Waals surface area contributed by atoms with Gasteiger partial charge in [0.15, 0.2) is 5.76 Å². The van der Waals surface area contributed by atoms with E-state index in [0.717, 1.165) is 27.9 Å². The molecule has 0 aliphatic heterocycles. The molecule has 0 atom stereocenters. The molecule has 5 heterocycles. The summed E-state index contributed by atoms with van der Waals surface area (Å²) in [7, 11) is 0. The summed E-state index contributed by atoms with van der Waals surface area (Å²) in [4.78, 5) is 22.5. The molecule has 0 saturated carbocycles. The number of hydrogen-bond donors (Lipinski definition) is 1. The molecule has 0 aliphatic carbocycles. The number of furan rings is 1. The summed E-state index contributed by atoms with van der Waals surface area (Å²) in [6.07, 6.45) is 3.21. The first-order valence-corrected chi connectivity index (χ1v) is 10.5. The van der Waals surface area contributed by atoms with Crippen molar-refractivity contribution >= 4 is 28.6 Å². The topological polar surface area (TPSA) is 133 Å². The van der Waals surface area contributed by atoms with E-state index in [1.807, 2.05) is 39.0 Å². The normalized spacial score (nSPS) is 11.4. The van der Waals surface area contributed by atoms with Crippen LogP contribution in [0.2, 0.25) is 0 Å². The number of benzene rings is 1. The zero-order valence-corrected chi connectivity index (χ0v) is 18.6. The van der Waals surface area contributed by atoms with Crippen LogP contribution in [0.25, 0.3) is 39.7 Å². The summed E-state index contributed by atoms with van der Waals surface area (Å²) < 4.78 is 7.01. The van der Waals surface area contributed by atoms with E-state index in [4.69, 9.17) is 4.42 Å². The highest BCUT2D eigenvalue weighted by Gasteiger charge is 2.17. The molecule has 0 bridgehead atoms. The molecule has 166 valence electrons. The second kappa shape index (κ2) is 7.66. The maximum atomic E-state index is 5.39. The lowest BCUT2D eigenvalue weighted by Crippen LogP contribution is -2.06. The highest BCUT2D eigenvalue weighted by Crippen LogP contribution is 2.23. The Bertz CT molecular complexity index is 1670. The van der Waals surface area contributed by atoms with Crippen LogP contribution in [0.15, 0.2) is 53.3 Å². The molecule has 11 nitrogen and oxygen atoms in total. The number of anilines is 2. The molecule has 0 saturated heterocycles. The van der Waals surface area contributed by atoms with Crippen molar-refractivity contribution < 1.29 is 4.42 Å². The Morgan fingerprint density at radius 3 is 2.68 bits per heavy atom. The van der Waals surface area contributed by atoms with Gasteiger partial charge in [-0.3, -0.25) is 5.32 Å². The lowest BCUT2D eigenvalue weighted by atomic mass is 10.1. The van der Waals surface area contributed by atoms with Crippen LogP contribution in [0.5, 0.6) is 0 Å². The molecule has 1 N–H and O–H groups in total. The van der Waals surface area contributed by atoms with Crippen LogP contribution < -0.4 is 5.32 Å². The Balaban J connectivity index is 1.36. The van der Waals surface area contributed by atoms with Gasteiger partial charge >= 0.3 is 0 Å². The summed E-state index contributed by atoms with van der Waals surface area (Å²) in [5.74, 6) is 2.13. The van der Waals surface area contributed by atoms with Gasteiger partial charge in [0, 0.05) is 11.6 Å². The smallest absolute Gasteiger partial charge is 0.272 e. The first-order chi connectivity index (χ1) is 16.5. The summed E-state index contributed by atoms with van der Waals surface area (Å²) in [6.45, 7) is 5.86. The van der Waals surface area contributed by atoms with Crippen molar-refractivity contribution in [2.75, 3.05) is 5.32 Å². The van der Waals surface area contributed by atoms with Crippen LogP contribution in [0.3, 0.4) is 0 Å². The van der Waals surface area contributed by atoms with Crippen molar-refractivity contribution in [1.82, 2.24) is 44.7 Å².